The van der Waals surface area contributed by atoms with E-state index in [1.54, 1.807) is 26.2 Å². The van der Waals surface area contributed by atoms with Crippen LogP contribution in [0, 0.1) is 12.7 Å². The Kier molecular flexibility index (Phi) is 6.67. The van der Waals surface area contributed by atoms with Crippen molar-refractivity contribution in [2.75, 3.05) is 33.4 Å². The van der Waals surface area contributed by atoms with E-state index in [0.717, 1.165) is 13.1 Å². The number of ketones is 1. The van der Waals surface area contributed by atoms with Gasteiger partial charge in [0.2, 0.25) is 0 Å². The summed E-state index contributed by atoms with van der Waals surface area (Å²) >= 11 is 0. The predicted octanol–water partition coefficient (Wildman–Crippen LogP) is 2.68. The first-order valence-corrected chi connectivity index (χ1v) is 6.59. The Morgan fingerprint density at radius 3 is 2.68 bits per heavy atom. The lowest BCUT2D eigenvalue weighted by Gasteiger charge is -2.19. The molecule has 106 valence electrons. The van der Waals surface area contributed by atoms with Gasteiger partial charge in [0, 0.05) is 32.2 Å². The third kappa shape index (κ3) is 5.09. The lowest BCUT2D eigenvalue weighted by atomic mass is 10.1. The van der Waals surface area contributed by atoms with Crippen LogP contribution < -0.4 is 0 Å². The van der Waals surface area contributed by atoms with E-state index in [4.69, 9.17) is 4.74 Å². The Balaban J connectivity index is 2.52. The highest BCUT2D eigenvalue weighted by Crippen LogP contribution is 2.11. The lowest BCUT2D eigenvalue weighted by molar-refractivity contribution is 0.0951. The summed E-state index contributed by atoms with van der Waals surface area (Å²) in [6.45, 7) is 6.75. The van der Waals surface area contributed by atoms with Gasteiger partial charge in [0.25, 0.3) is 0 Å². The summed E-state index contributed by atoms with van der Waals surface area (Å²) in [7, 11) is 1.66. The largest absolute Gasteiger partial charge is 0.383 e. The van der Waals surface area contributed by atoms with Crippen LogP contribution in [0.25, 0.3) is 0 Å². The van der Waals surface area contributed by atoms with Crippen molar-refractivity contribution in [3.05, 3.63) is 35.1 Å². The first-order valence-electron chi connectivity index (χ1n) is 6.59. The number of aryl methyl sites for hydroxylation is 1. The molecule has 19 heavy (non-hydrogen) atoms. The second-order valence-electron chi connectivity index (χ2n) is 4.56. The molecule has 0 radical (unpaired) electrons. The zero-order chi connectivity index (χ0) is 14.3. The molecule has 0 amide bonds. The van der Waals surface area contributed by atoms with Crippen LogP contribution in [-0.4, -0.2) is 44.0 Å². The van der Waals surface area contributed by atoms with E-state index in [2.05, 4.69) is 4.90 Å². The van der Waals surface area contributed by atoms with Gasteiger partial charge < -0.3 is 9.64 Å². The maximum Gasteiger partial charge on any atom is 0.164 e. The van der Waals surface area contributed by atoms with Gasteiger partial charge in [-0.25, -0.2) is 4.39 Å². The Hall–Kier alpha value is -1.26. The van der Waals surface area contributed by atoms with Crippen LogP contribution in [0.15, 0.2) is 18.2 Å². The topological polar surface area (TPSA) is 29.5 Å². The molecule has 0 heterocycles. The van der Waals surface area contributed by atoms with Crippen molar-refractivity contribution in [3.63, 3.8) is 0 Å². The fraction of sp³-hybridized carbons (Fsp3) is 0.533. The van der Waals surface area contributed by atoms with Gasteiger partial charge in [0.05, 0.1) is 6.61 Å². The van der Waals surface area contributed by atoms with Gasteiger partial charge in [-0.2, -0.15) is 0 Å². The minimum atomic E-state index is -0.322. The van der Waals surface area contributed by atoms with Crippen LogP contribution in [-0.2, 0) is 4.74 Å². The number of carbonyl (C=O) groups excluding carboxylic acids is 1. The quantitative estimate of drug-likeness (QED) is 0.678. The molecule has 4 heteroatoms. The van der Waals surface area contributed by atoms with Crippen molar-refractivity contribution in [2.24, 2.45) is 0 Å². The number of ether oxygens (including phenoxy) is 1. The van der Waals surface area contributed by atoms with Crippen molar-refractivity contribution in [1.82, 2.24) is 4.90 Å². The van der Waals surface area contributed by atoms with Gasteiger partial charge in [-0.1, -0.05) is 19.1 Å². The molecule has 0 saturated carbocycles. The number of hydrogen-bond acceptors (Lipinski definition) is 3. The van der Waals surface area contributed by atoms with E-state index in [9.17, 15) is 9.18 Å². The summed E-state index contributed by atoms with van der Waals surface area (Å²) in [5.41, 5.74) is 1.01. The van der Waals surface area contributed by atoms with Crippen LogP contribution in [0.4, 0.5) is 4.39 Å². The zero-order valence-electron chi connectivity index (χ0n) is 11.9. The number of Topliss-reactive ketones (excluding diaryl/α,β-unsaturated/α-hetero) is 1. The summed E-state index contributed by atoms with van der Waals surface area (Å²) < 4.78 is 18.4. The molecular weight excluding hydrogens is 245 g/mol. The fourth-order valence-corrected chi connectivity index (χ4v) is 1.82. The van der Waals surface area contributed by atoms with E-state index in [1.807, 2.05) is 6.92 Å². The molecule has 0 N–H and O–H groups in total. The van der Waals surface area contributed by atoms with Gasteiger partial charge >= 0.3 is 0 Å². The molecule has 0 aliphatic carbocycles. The lowest BCUT2D eigenvalue weighted by Crippen LogP contribution is -2.29. The Bertz CT molecular complexity index is 421. The monoisotopic (exact) mass is 267 g/mol. The van der Waals surface area contributed by atoms with Crippen LogP contribution in [0.5, 0.6) is 0 Å². The minimum Gasteiger partial charge on any atom is -0.383 e. The molecule has 3 nitrogen and oxygen atoms in total. The Morgan fingerprint density at radius 2 is 2.11 bits per heavy atom. The maximum atomic E-state index is 13.4. The van der Waals surface area contributed by atoms with E-state index < -0.39 is 0 Å². The van der Waals surface area contributed by atoms with Crippen LogP contribution in [0.3, 0.4) is 0 Å². The number of nitrogens with zero attached hydrogens (tertiary/aromatic N) is 1. The smallest absolute Gasteiger partial charge is 0.164 e. The highest BCUT2D eigenvalue weighted by molar-refractivity contribution is 5.96. The molecule has 1 aromatic rings. The molecule has 0 fully saturated rings. The molecule has 0 atom stereocenters. The minimum absolute atomic E-state index is 0.0187. The molecule has 0 bridgehead atoms. The standard InChI is InChI=1S/C15H22FNO2/c1-4-17(9-10-19-3)8-7-15(18)13-6-5-12(2)14(16)11-13/h5-6,11H,4,7-10H2,1-3H3. The van der Waals surface area contributed by atoms with E-state index in [-0.39, 0.29) is 11.6 Å². The van der Waals surface area contributed by atoms with Crippen LogP contribution >= 0.6 is 0 Å². The number of hydrogen-bond donors (Lipinski definition) is 0. The highest BCUT2D eigenvalue weighted by atomic mass is 19.1. The van der Waals surface area contributed by atoms with E-state index in [0.29, 0.717) is 30.7 Å². The first kappa shape index (κ1) is 15.8. The molecule has 0 unspecified atom stereocenters. The molecular formula is C15H22FNO2. The SMILES string of the molecule is CCN(CCOC)CCC(=O)c1ccc(C)c(F)c1. The molecule has 0 aliphatic heterocycles. The summed E-state index contributed by atoms with van der Waals surface area (Å²) in [6.07, 6.45) is 0.403. The van der Waals surface area contributed by atoms with Gasteiger partial charge in [-0.3, -0.25) is 4.79 Å². The number of methoxy groups -OCH3 is 1. The third-order valence-corrected chi connectivity index (χ3v) is 3.21. The van der Waals surface area contributed by atoms with Gasteiger partial charge in [-0.15, -0.1) is 0 Å². The average molecular weight is 267 g/mol. The molecule has 0 spiro atoms. The second kappa shape index (κ2) is 8.02. The number of carbonyl (C=O) groups is 1. The molecule has 0 saturated heterocycles. The maximum absolute atomic E-state index is 13.4. The normalized spacial score (nSPS) is 11.0. The molecule has 0 aromatic heterocycles. The van der Waals surface area contributed by atoms with Crippen LogP contribution in [0.2, 0.25) is 0 Å². The predicted molar refractivity (Wildman–Crippen MR) is 74.1 cm³/mol. The summed E-state index contributed by atoms with van der Waals surface area (Å²) in [6, 6.07) is 4.65. The average Bonchev–Trinajstić information content (AvgIpc) is 2.41. The molecule has 1 aromatic carbocycles. The Morgan fingerprint density at radius 1 is 1.37 bits per heavy atom. The van der Waals surface area contributed by atoms with Crippen molar-refractivity contribution in [1.29, 1.82) is 0 Å². The van der Waals surface area contributed by atoms with Gasteiger partial charge in [0.15, 0.2) is 5.78 Å². The molecule has 0 aliphatic rings. The van der Waals surface area contributed by atoms with Crippen molar-refractivity contribution in [3.8, 4) is 0 Å². The van der Waals surface area contributed by atoms with Gasteiger partial charge in [-0.05, 0) is 25.1 Å². The van der Waals surface area contributed by atoms with Crippen molar-refractivity contribution >= 4 is 5.78 Å². The van der Waals surface area contributed by atoms with E-state index in [1.165, 1.54) is 6.07 Å². The summed E-state index contributed by atoms with van der Waals surface area (Å²) in [4.78, 5) is 14.1. The van der Waals surface area contributed by atoms with Crippen molar-refractivity contribution < 1.29 is 13.9 Å². The van der Waals surface area contributed by atoms with Gasteiger partial charge in [0.1, 0.15) is 5.82 Å². The molecule has 1 rings (SSSR count). The number of likely N-dealkylation sites (N-methyl/N-ethyl adjacent to an activating group) is 1. The Labute approximate surface area is 114 Å². The summed E-state index contributed by atoms with van der Waals surface area (Å²) in [5, 5.41) is 0. The van der Waals surface area contributed by atoms with Crippen LogP contribution in [0.1, 0.15) is 29.3 Å². The van der Waals surface area contributed by atoms with E-state index >= 15 is 0 Å². The number of halogens is 1. The number of benzene rings is 1. The van der Waals surface area contributed by atoms with Crippen molar-refractivity contribution in [2.45, 2.75) is 20.3 Å². The zero-order valence-corrected chi connectivity index (χ0v) is 11.9. The summed E-state index contributed by atoms with van der Waals surface area (Å²) in [5.74, 6) is -0.340. The number of rotatable bonds is 8. The third-order valence-electron chi connectivity index (χ3n) is 3.21. The fourth-order valence-electron chi connectivity index (χ4n) is 1.82. The second-order valence-corrected chi connectivity index (χ2v) is 4.56. The highest BCUT2D eigenvalue weighted by Gasteiger charge is 2.10. The first-order chi connectivity index (χ1) is 9.08.